The van der Waals surface area contributed by atoms with Gasteiger partial charge in [-0.25, -0.2) is 4.98 Å². The van der Waals surface area contributed by atoms with Crippen LogP contribution in [-0.2, 0) is 23.9 Å². The van der Waals surface area contributed by atoms with Gasteiger partial charge in [0.05, 0.1) is 11.3 Å². The molecule has 0 amide bonds. The first-order valence-corrected chi connectivity index (χ1v) is 13.6. The molecule has 0 radical (unpaired) electrons. The van der Waals surface area contributed by atoms with Crippen LogP contribution in [0.25, 0.3) is 22.6 Å². The van der Waals surface area contributed by atoms with Crippen LogP contribution in [0.1, 0.15) is 69.7 Å². The number of aryl methyl sites for hydroxylation is 1. The molecule has 0 aliphatic heterocycles. The first kappa shape index (κ1) is 30.1. The molecule has 0 aliphatic carbocycles. The van der Waals surface area contributed by atoms with Crippen molar-refractivity contribution in [1.82, 2.24) is 20.3 Å². The summed E-state index contributed by atoms with van der Waals surface area (Å²) in [6.45, 7) is 7.87. The normalized spacial score (nSPS) is 12.1. The highest BCUT2D eigenvalue weighted by Gasteiger charge is 2.34. The highest BCUT2D eigenvalue weighted by molar-refractivity contribution is 5.66. The molecule has 1 aromatic carbocycles. The number of hydrogen-bond acceptors (Lipinski definition) is 5. The molecule has 0 aliphatic rings. The van der Waals surface area contributed by atoms with E-state index in [1.807, 2.05) is 19.1 Å². The SMILES string of the molecule is CCC/C=C(\CCC)NCc1ccc(C(F)(F)F)c(-c2nc(-c3ccc(CCCOCC)nc3)cc(=N)[nH]2)c1. The van der Waals surface area contributed by atoms with Gasteiger partial charge in [0, 0.05) is 54.5 Å². The zero-order valence-corrected chi connectivity index (χ0v) is 22.9. The first-order valence-electron chi connectivity index (χ1n) is 13.6. The molecule has 0 unspecified atom stereocenters. The molecule has 0 spiro atoms. The lowest BCUT2D eigenvalue weighted by molar-refractivity contribution is -0.137. The Labute approximate surface area is 228 Å². The van der Waals surface area contributed by atoms with E-state index < -0.39 is 11.7 Å². The summed E-state index contributed by atoms with van der Waals surface area (Å²) in [6, 6.07) is 9.27. The van der Waals surface area contributed by atoms with Crippen molar-refractivity contribution >= 4 is 0 Å². The topological polar surface area (TPSA) is 86.7 Å². The maximum atomic E-state index is 14.0. The van der Waals surface area contributed by atoms with E-state index >= 15 is 0 Å². The molecular weight excluding hydrogens is 503 g/mol. The average Bonchev–Trinajstić information content (AvgIpc) is 2.92. The summed E-state index contributed by atoms with van der Waals surface area (Å²) in [4.78, 5) is 11.7. The highest BCUT2D eigenvalue weighted by Crippen LogP contribution is 2.36. The van der Waals surface area contributed by atoms with Gasteiger partial charge in [0.25, 0.3) is 0 Å². The maximum absolute atomic E-state index is 14.0. The van der Waals surface area contributed by atoms with E-state index in [4.69, 9.17) is 10.1 Å². The third-order valence-corrected chi connectivity index (χ3v) is 6.18. The molecular formula is C30H38F3N5O. The Bertz CT molecular complexity index is 1280. The van der Waals surface area contributed by atoms with E-state index in [-0.39, 0.29) is 16.9 Å². The second-order valence-electron chi connectivity index (χ2n) is 9.37. The van der Waals surface area contributed by atoms with Crippen LogP contribution in [0, 0.1) is 5.41 Å². The van der Waals surface area contributed by atoms with Gasteiger partial charge in [0.15, 0.2) is 0 Å². The Morgan fingerprint density at radius 2 is 1.92 bits per heavy atom. The minimum absolute atomic E-state index is 0.0113. The molecule has 0 saturated carbocycles. The number of benzene rings is 1. The second kappa shape index (κ2) is 14.6. The summed E-state index contributed by atoms with van der Waals surface area (Å²) in [5.74, 6) is -0.0113. The number of hydrogen-bond donors (Lipinski definition) is 3. The summed E-state index contributed by atoms with van der Waals surface area (Å²) < 4.78 is 47.4. The molecule has 6 nitrogen and oxygen atoms in total. The van der Waals surface area contributed by atoms with Crippen molar-refractivity contribution in [1.29, 1.82) is 5.41 Å². The molecule has 39 heavy (non-hydrogen) atoms. The molecule has 0 bridgehead atoms. The van der Waals surface area contributed by atoms with Crippen LogP contribution in [0.4, 0.5) is 13.2 Å². The fourth-order valence-corrected chi connectivity index (χ4v) is 4.19. The van der Waals surface area contributed by atoms with Crippen molar-refractivity contribution in [2.75, 3.05) is 13.2 Å². The van der Waals surface area contributed by atoms with Crippen molar-refractivity contribution < 1.29 is 17.9 Å². The van der Waals surface area contributed by atoms with Crippen molar-refractivity contribution in [3.8, 4) is 22.6 Å². The first-order chi connectivity index (χ1) is 18.7. The number of nitrogens with one attached hydrogen (secondary N) is 3. The number of aromatic nitrogens is 3. The number of unbranched alkanes of at least 4 members (excludes halogenated alkanes) is 1. The third kappa shape index (κ3) is 9.06. The monoisotopic (exact) mass is 541 g/mol. The number of aromatic amines is 1. The molecule has 0 saturated heterocycles. The quantitative estimate of drug-likeness (QED) is 0.189. The lowest BCUT2D eigenvalue weighted by atomic mass is 10.0. The second-order valence-corrected chi connectivity index (χ2v) is 9.37. The lowest BCUT2D eigenvalue weighted by Crippen LogP contribution is -2.15. The van der Waals surface area contributed by atoms with E-state index in [1.165, 1.54) is 18.2 Å². The molecule has 0 atom stereocenters. The summed E-state index contributed by atoms with van der Waals surface area (Å²) >= 11 is 0. The van der Waals surface area contributed by atoms with E-state index in [9.17, 15) is 13.2 Å². The zero-order chi connectivity index (χ0) is 28.3. The number of rotatable bonds is 14. The number of pyridine rings is 1. The summed E-state index contributed by atoms with van der Waals surface area (Å²) in [5.41, 5.74) is 2.76. The predicted octanol–water partition coefficient (Wildman–Crippen LogP) is 7.18. The third-order valence-electron chi connectivity index (χ3n) is 6.18. The maximum Gasteiger partial charge on any atom is 0.417 e. The van der Waals surface area contributed by atoms with Gasteiger partial charge >= 0.3 is 6.18 Å². The Morgan fingerprint density at radius 1 is 1.10 bits per heavy atom. The molecule has 210 valence electrons. The number of halogens is 3. The Balaban J connectivity index is 1.92. The highest BCUT2D eigenvalue weighted by atomic mass is 19.4. The minimum Gasteiger partial charge on any atom is -0.385 e. The molecule has 3 rings (SSSR count). The van der Waals surface area contributed by atoms with Gasteiger partial charge in [-0.1, -0.05) is 38.8 Å². The van der Waals surface area contributed by atoms with Gasteiger partial charge in [0.1, 0.15) is 11.3 Å². The van der Waals surface area contributed by atoms with Crippen LogP contribution < -0.4 is 10.8 Å². The Hall–Kier alpha value is -3.46. The molecule has 0 fully saturated rings. The van der Waals surface area contributed by atoms with Gasteiger partial charge in [-0.05, 0) is 62.4 Å². The number of H-pyrrole nitrogens is 1. The number of alkyl halides is 3. The van der Waals surface area contributed by atoms with Gasteiger partial charge in [0.2, 0.25) is 0 Å². The average molecular weight is 542 g/mol. The standard InChI is InChI=1S/C30H38F3N5O/c1-4-7-10-23(9-5-2)35-19-21-12-15-26(30(31,32)33)25(17-21)29-37-27(18-28(34)38-29)22-13-14-24(36-20-22)11-8-16-39-6-3/h10,12-15,17-18,20,35H,4-9,11,16,19H2,1-3H3,(H2,34,37,38)/b23-10+. The van der Waals surface area contributed by atoms with Gasteiger partial charge < -0.3 is 15.0 Å². The fraction of sp³-hybridized carbons (Fsp3) is 0.433. The van der Waals surface area contributed by atoms with Crippen LogP contribution in [-0.4, -0.2) is 28.2 Å². The van der Waals surface area contributed by atoms with Gasteiger partial charge in [-0.2, -0.15) is 13.2 Å². The molecule has 3 aromatic rings. The molecule has 3 N–H and O–H groups in total. The fourth-order valence-electron chi connectivity index (χ4n) is 4.19. The van der Waals surface area contributed by atoms with E-state index in [0.29, 0.717) is 36.6 Å². The predicted molar refractivity (Wildman–Crippen MR) is 148 cm³/mol. The van der Waals surface area contributed by atoms with Gasteiger partial charge in [-0.3, -0.25) is 10.4 Å². The zero-order valence-electron chi connectivity index (χ0n) is 22.9. The van der Waals surface area contributed by atoms with E-state index in [1.54, 1.807) is 6.20 Å². The molecule has 2 aromatic heterocycles. The Kier molecular flexibility index (Phi) is 11.3. The summed E-state index contributed by atoms with van der Waals surface area (Å²) in [6.07, 6.45) is 4.65. The van der Waals surface area contributed by atoms with Crippen molar-refractivity contribution in [2.24, 2.45) is 0 Å². The minimum atomic E-state index is -4.58. The van der Waals surface area contributed by atoms with Crippen molar-refractivity contribution in [3.05, 3.63) is 76.7 Å². The number of ether oxygens (including phenoxy) is 1. The number of nitrogens with zero attached hydrogens (tertiary/aromatic N) is 2. The van der Waals surface area contributed by atoms with Crippen LogP contribution in [0.5, 0.6) is 0 Å². The Morgan fingerprint density at radius 3 is 2.59 bits per heavy atom. The van der Waals surface area contributed by atoms with E-state index in [2.05, 4.69) is 40.2 Å². The summed E-state index contributed by atoms with van der Waals surface area (Å²) in [5, 5.41) is 11.6. The molecule has 2 heterocycles. The summed E-state index contributed by atoms with van der Waals surface area (Å²) in [7, 11) is 0. The smallest absolute Gasteiger partial charge is 0.385 e. The van der Waals surface area contributed by atoms with Crippen LogP contribution in [0.15, 0.2) is 54.4 Å². The van der Waals surface area contributed by atoms with Crippen LogP contribution >= 0.6 is 0 Å². The van der Waals surface area contributed by atoms with Crippen molar-refractivity contribution in [2.45, 2.75) is 72.0 Å². The van der Waals surface area contributed by atoms with E-state index in [0.717, 1.165) is 56.0 Å². The molecule has 9 heteroatoms. The van der Waals surface area contributed by atoms with Crippen LogP contribution in [0.2, 0.25) is 0 Å². The van der Waals surface area contributed by atoms with Gasteiger partial charge in [-0.15, -0.1) is 0 Å². The van der Waals surface area contributed by atoms with Crippen molar-refractivity contribution in [3.63, 3.8) is 0 Å². The lowest BCUT2D eigenvalue weighted by Gasteiger charge is -2.16. The van der Waals surface area contributed by atoms with Crippen LogP contribution in [0.3, 0.4) is 0 Å². The number of allylic oxidation sites excluding steroid dienone is 2. The largest absolute Gasteiger partial charge is 0.417 e.